The van der Waals surface area contributed by atoms with Gasteiger partial charge >= 0.3 is 0 Å². The second-order valence-corrected chi connectivity index (χ2v) is 11.0. The zero-order valence-electron chi connectivity index (χ0n) is 19.2. The highest BCUT2D eigenvalue weighted by atomic mass is 79.9. The van der Waals surface area contributed by atoms with E-state index in [0.717, 1.165) is 36.2 Å². The van der Waals surface area contributed by atoms with Gasteiger partial charge < -0.3 is 15.1 Å². The Kier molecular flexibility index (Phi) is 7.73. The fourth-order valence-electron chi connectivity index (χ4n) is 3.79. The molecule has 0 radical (unpaired) electrons. The topological polar surface area (TPSA) is 81.8 Å². The fourth-order valence-corrected chi connectivity index (χ4v) is 5.12. The summed E-state index contributed by atoms with van der Waals surface area (Å²) in [5, 5.41) is 2.80. The zero-order chi connectivity index (χ0) is 25.0. The predicted octanol–water partition coefficient (Wildman–Crippen LogP) is 4.07. The van der Waals surface area contributed by atoms with Crippen LogP contribution in [0.1, 0.15) is 15.9 Å². The first kappa shape index (κ1) is 25.2. The number of rotatable bonds is 7. The number of hydrogen-bond donors (Lipinski definition) is 2. The minimum atomic E-state index is -3.88. The molecule has 1 amide bonds. The summed E-state index contributed by atoms with van der Waals surface area (Å²) in [7, 11) is -1.83. The number of halogens is 2. The summed E-state index contributed by atoms with van der Waals surface area (Å²) in [5.41, 5.74) is 2.13. The molecule has 184 valence electrons. The van der Waals surface area contributed by atoms with E-state index in [4.69, 9.17) is 0 Å². The van der Waals surface area contributed by atoms with E-state index in [2.05, 4.69) is 35.8 Å². The number of piperazine rings is 1. The second-order valence-electron chi connectivity index (χ2n) is 8.39. The molecule has 1 fully saturated rings. The average Bonchev–Trinajstić information content (AvgIpc) is 2.84. The van der Waals surface area contributed by atoms with Gasteiger partial charge in [-0.25, -0.2) is 12.8 Å². The number of amides is 1. The number of carbonyl (C=O) groups is 1. The number of likely N-dealkylation sites (N-methyl/N-ethyl adjacent to an activating group) is 1. The second kappa shape index (κ2) is 10.8. The van der Waals surface area contributed by atoms with Crippen LogP contribution < -0.4 is 14.9 Å². The number of benzene rings is 3. The molecule has 0 aliphatic carbocycles. The summed E-state index contributed by atoms with van der Waals surface area (Å²) in [6, 6.07) is 17.2. The fraction of sp³-hybridized carbons (Fsp3) is 0.240. The third-order valence-electron chi connectivity index (χ3n) is 5.84. The van der Waals surface area contributed by atoms with Crippen molar-refractivity contribution in [2.75, 3.05) is 42.8 Å². The van der Waals surface area contributed by atoms with Crippen molar-refractivity contribution in [2.24, 2.45) is 0 Å². The number of nitrogens with one attached hydrogen (secondary N) is 2. The van der Waals surface area contributed by atoms with Gasteiger partial charge in [-0.15, -0.1) is 0 Å². The summed E-state index contributed by atoms with van der Waals surface area (Å²) in [5.74, 6) is -0.703. The van der Waals surface area contributed by atoms with Gasteiger partial charge in [0.05, 0.1) is 16.3 Å². The Morgan fingerprint density at radius 2 is 1.63 bits per heavy atom. The third-order valence-corrected chi connectivity index (χ3v) is 7.75. The molecule has 0 aromatic heterocycles. The van der Waals surface area contributed by atoms with Crippen molar-refractivity contribution < 1.29 is 17.6 Å². The van der Waals surface area contributed by atoms with Gasteiger partial charge in [0.25, 0.3) is 15.9 Å². The molecule has 0 atom stereocenters. The highest BCUT2D eigenvalue weighted by molar-refractivity contribution is 9.10. The normalized spacial score (nSPS) is 14.5. The molecule has 3 aromatic rings. The van der Waals surface area contributed by atoms with Crippen LogP contribution in [-0.4, -0.2) is 52.5 Å². The molecule has 1 heterocycles. The lowest BCUT2D eigenvalue weighted by Crippen LogP contribution is -2.44. The molecule has 7 nitrogen and oxygen atoms in total. The van der Waals surface area contributed by atoms with Gasteiger partial charge in [-0.05, 0) is 67.2 Å². The van der Waals surface area contributed by atoms with Crippen LogP contribution in [0.4, 0.5) is 15.8 Å². The van der Waals surface area contributed by atoms with Crippen LogP contribution in [0.2, 0.25) is 0 Å². The molecule has 0 saturated carbocycles. The quantitative estimate of drug-likeness (QED) is 0.455. The van der Waals surface area contributed by atoms with E-state index in [1.165, 1.54) is 24.3 Å². The Morgan fingerprint density at radius 1 is 0.971 bits per heavy atom. The Labute approximate surface area is 213 Å². The smallest absolute Gasteiger partial charge is 0.261 e. The monoisotopic (exact) mass is 560 g/mol. The maximum atomic E-state index is 13.1. The van der Waals surface area contributed by atoms with Gasteiger partial charge in [-0.2, -0.15) is 0 Å². The number of carbonyl (C=O) groups excluding carboxylic acids is 1. The third kappa shape index (κ3) is 6.39. The maximum Gasteiger partial charge on any atom is 0.261 e. The first-order valence-electron chi connectivity index (χ1n) is 11.1. The van der Waals surface area contributed by atoms with Crippen molar-refractivity contribution in [1.82, 2.24) is 10.2 Å². The van der Waals surface area contributed by atoms with Crippen LogP contribution in [0, 0.1) is 5.82 Å². The lowest BCUT2D eigenvalue weighted by Gasteiger charge is -2.35. The molecule has 1 aliphatic rings. The van der Waals surface area contributed by atoms with E-state index in [-0.39, 0.29) is 23.2 Å². The first-order chi connectivity index (χ1) is 16.7. The van der Waals surface area contributed by atoms with Crippen LogP contribution in [0.5, 0.6) is 0 Å². The highest BCUT2D eigenvalue weighted by Gasteiger charge is 2.22. The molecule has 0 spiro atoms. The van der Waals surface area contributed by atoms with Crippen molar-refractivity contribution in [3.63, 3.8) is 0 Å². The van der Waals surface area contributed by atoms with Crippen LogP contribution in [0.15, 0.2) is 76.1 Å². The number of anilines is 2. The minimum absolute atomic E-state index is 0.121. The Morgan fingerprint density at radius 3 is 2.29 bits per heavy atom. The van der Waals surface area contributed by atoms with Gasteiger partial charge in [0.1, 0.15) is 5.82 Å². The standard InChI is InChI=1S/C25H26BrFN4O3S/c1-30-12-14-31(15-13-30)24-11-4-19(25(32)28-17-18-2-7-21(27)8-3-18)16-23(24)29-35(33,34)22-9-5-20(26)6-10-22/h2-11,16,29H,12-15,17H2,1H3,(H,28,32). The Balaban J connectivity index is 1.60. The van der Waals surface area contributed by atoms with E-state index in [1.807, 2.05) is 7.05 Å². The number of hydrogen-bond acceptors (Lipinski definition) is 5. The summed E-state index contributed by atoms with van der Waals surface area (Å²) in [6.07, 6.45) is 0. The first-order valence-corrected chi connectivity index (χ1v) is 13.4. The highest BCUT2D eigenvalue weighted by Crippen LogP contribution is 2.30. The molecule has 4 rings (SSSR count). The van der Waals surface area contributed by atoms with Gasteiger partial charge in [-0.3, -0.25) is 9.52 Å². The van der Waals surface area contributed by atoms with Gasteiger partial charge in [0.15, 0.2) is 0 Å². The zero-order valence-corrected chi connectivity index (χ0v) is 21.6. The van der Waals surface area contributed by atoms with Crippen molar-refractivity contribution in [1.29, 1.82) is 0 Å². The predicted molar refractivity (Wildman–Crippen MR) is 139 cm³/mol. The van der Waals surface area contributed by atoms with E-state index in [1.54, 1.807) is 42.5 Å². The largest absolute Gasteiger partial charge is 0.367 e. The number of sulfonamides is 1. The molecular formula is C25H26BrFN4O3S. The number of nitrogens with zero attached hydrogens (tertiary/aromatic N) is 2. The molecule has 0 unspecified atom stereocenters. The van der Waals surface area contributed by atoms with Crippen LogP contribution in [0.25, 0.3) is 0 Å². The molecule has 1 aliphatic heterocycles. The summed E-state index contributed by atoms with van der Waals surface area (Å²) in [6.45, 7) is 3.39. The Bertz CT molecular complexity index is 1290. The van der Waals surface area contributed by atoms with Gasteiger partial charge in [-0.1, -0.05) is 28.1 Å². The lowest BCUT2D eigenvalue weighted by molar-refractivity contribution is 0.0951. The van der Waals surface area contributed by atoms with E-state index < -0.39 is 10.0 Å². The van der Waals surface area contributed by atoms with Crippen molar-refractivity contribution >= 4 is 43.2 Å². The summed E-state index contributed by atoms with van der Waals surface area (Å²) < 4.78 is 42.9. The molecule has 0 bridgehead atoms. The molecule has 1 saturated heterocycles. The van der Waals surface area contributed by atoms with Gasteiger partial charge in [0.2, 0.25) is 0 Å². The van der Waals surface area contributed by atoms with Crippen LogP contribution in [-0.2, 0) is 16.6 Å². The van der Waals surface area contributed by atoms with E-state index in [0.29, 0.717) is 16.9 Å². The van der Waals surface area contributed by atoms with Crippen molar-refractivity contribution in [3.8, 4) is 0 Å². The SMILES string of the molecule is CN1CCN(c2ccc(C(=O)NCc3ccc(F)cc3)cc2NS(=O)(=O)c2ccc(Br)cc2)CC1. The minimum Gasteiger partial charge on any atom is -0.367 e. The van der Waals surface area contributed by atoms with Crippen LogP contribution >= 0.6 is 15.9 Å². The van der Waals surface area contributed by atoms with Gasteiger partial charge in [0, 0.05) is 42.8 Å². The summed E-state index contributed by atoms with van der Waals surface area (Å²) in [4.78, 5) is 17.3. The Hall–Kier alpha value is -2.95. The lowest BCUT2D eigenvalue weighted by atomic mass is 10.1. The summed E-state index contributed by atoms with van der Waals surface area (Å²) >= 11 is 3.32. The molecule has 2 N–H and O–H groups in total. The van der Waals surface area contributed by atoms with Crippen molar-refractivity contribution in [2.45, 2.75) is 11.4 Å². The average molecular weight is 561 g/mol. The molecule has 3 aromatic carbocycles. The maximum absolute atomic E-state index is 13.1. The van der Waals surface area contributed by atoms with E-state index >= 15 is 0 Å². The molecule has 10 heteroatoms. The molecule has 35 heavy (non-hydrogen) atoms. The van der Waals surface area contributed by atoms with Crippen LogP contribution in [0.3, 0.4) is 0 Å². The molecular weight excluding hydrogens is 535 g/mol. The van der Waals surface area contributed by atoms with Crippen molar-refractivity contribution in [3.05, 3.63) is 88.1 Å². The van der Waals surface area contributed by atoms with E-state index in [9.17, 15) is 17.6 Å².